The third-order valence-corrected chi connectivity index (χ3v) is 5.95. The molecule has 0 aromatic heterocycles. The van der Waals surface area contributed by atoms with Crippen LogP contribution in [0.2, 0.25) is 0 Å². The van der Waals surface area contributed by atoms with Crippen molar-refractivity contribution in [3.63, 3.8) is 0 Å². The minimum absolute atomic E-state index is 0.0139. The highest BCUT2D eigenvalue weighted by Gasteiger charge is 2.76. The van der Waals surface area contributed by atoms with Gasteiger partial charge in [0, 0.05) is 24.7 Å². The van der Waals surface area contributed by atoms with Crippen LogP contribution in [0.4, 0.5) is 11.4 Å². The van der Waals surface area contributed by atoms with Gasteiger partial charge >= 0.3 is 11.9 Å². The van der Waals surface area contributed by atoms with E-state index in [0.717, 1.165) is 0 Å². The van der Waals surface area contributed by atoms with E-state index in [1.165, 1.54) is 24.2 Å². The number of carbonyl (C=O) groups excluding carboxylic acids is 3. The lowest BCUT2D eigenvalue weighted by atomic mass is 9.62. The van der Waals surface area contributed by atoms with E-state index in [1.807, 2.05) is 6.07 Å². The van der Waals surface area contributed by atoms with Gasteiger partial charge in [0.05, 0.1) is 26.5 Å². The van der Waals surface area contributed by atoms with Gasteiger partial charge in [-0.2, -0.15) is 0 Å². The first kappa shape index (κ1) is 19.9. The maximum atomic E-state index is 14.0. The minimum Gasteiger partial charge on any atom is -0.468 e. The molecule has 30 heavy (non-hydrogen) atoms. The molecule has 2 aromatic rings. The van der Waals surface area contributed by atoms with E-state index in [-0.39, 0.29) is 13.0 Å². The standard InChI is InChI=1S/C22H22N2O6/c1-23-17-12-8-7-11-16(17)22(18(23)25)21(19(26)28-2,20(27)29-3)13-14-30-24(22)15-9-5-4-6-10-15/h4-12H,13-14H2,1-3H3. The van der Waals surface area contributed by atoms with Gasteiger partial charge in [-0.15, -0.1) is 0 Å². The molecule has 0 aliphatic carbocycles. The van der Waals surface area contributed by atoms with Gasteiger partial charge in [-0.3, -0.25) is 19.2 Å². The van der Waals surface area contributed by atoms with Gasteiger partial charge in [-0.25, -0.2) is 5.06 Å². The van der Waals surface area contributed by atoms with Crippen LogP contribution >= 0.6 is 0 Å². The first-order valence-electron chi connectivity index (χ1n) is 9.49. The Balaban J connectivity index is 2.13. The number of hydrogen-bond acceptors (Lipinski definition) is 7. The van der Waals surface area contributed by atoms with Crippen LogP contribution in [0.25, 0.3) is 0 Å². The molecule has 0 bridgehead atoms. The van der Waals surface area contributed by atoms with Crippen molar-refractivity contribution in [2.24, 2.45) is 5.41 Å². The van der Waals surface area contributed by atoms with Crippen LogP contribution in [0.1, 0.15) is 12.0 Å². The quantitative estimate of drug-likeness (QED) is 0.565. The van der Waals surface area contributed by atoms with E-state index in [1.54, 1.807) is 55.6 Å². The first-order chi connectivity index (χ1) is 14.5. The number of anilines is 2. The number of amides is 1. The second-order valence-corrected chi connectivity index (χ2v) is 7.19. The lowest BCUT2D eigenvalue weighted by molar-refractivity contribution is -0.191. The largest absolute Gasteiger partial charge is 0.468 e. The topological polar surface area (TPSA) is 85.4 Å². The van der Waals surface area contributed by atoms with E-state index in [9.17, 15) is 14.4 Å². The Morgan fingerprint density at radius 1 is 0.967 bits per heavy atom. The van der Waals surface area contributed by atoms with E-state index in [0.29, 0.717) is 16.9 Å². The molecule has 8 nitrogen and oxygen atoms in total. The van der Waals surface area contributed by atoms with Crippen LogP contribution in [-0.4, -0.2) is 45.7 Å². The molecule has 1 unspecified atom stereocenters. The normalized spacial score (nSPS) is 22.0. The summed E-state index contributed by atoms with van der Waals surface area (Å²) in [7, 11) is 3.99. The van der Waals surface area contributed by atoms with Crippen LogP contribution in [0.5, 0.6) is 0 Å². The second-order valence-electron chi connectivity index (χ2n) is 7.19. The van der Waals surface area contributed by atoms with E-state index in [2.05, 4.69) is 0 Å². The summed E-state index contributed by atoms with van der Waals surface area (Å²) in [4.78, 5) is 48.0. The van der Waals surface area contributed by atoms with E-state index >= 15 is 0 Å². The molecule has 0 radical (unpaired) electrons. The molecular weight excluding hydrogens is 388 g/mol. The second kappa shape index (κ2) is 7.14. The highest BCUT2D eigenvalue weighted by atomic mass is 16.7. The SMILES string of the molecule is COC(=O)C1(C(=O)OC)CCON(c2ccccc2)C12C(=O)N(C)c1ccccc12. The molecular formula is C22H22N2O6. The fourth-order valence-electron chi connectivity index (χ4n) is 4.65. The predicted molar refractivity (Wildman–Crippen MR) is 107 cm³/mol. The lowest BCUT2D eigenvalue weighted by Gasteiger charge is -2.52. The number of methoxy groups -OCH3 is 2. The smallest absolute Gasteiger partial charge is 0.326 e. The molecule has 4 rings (SSSR count). The Labute approximate surface area is 173 Å². The zero-order valence-corrected chi connectivity index (χ0v) is 17.0. The molecule has 0 N–H and O–H groups in total. The maximum Gasteiger partial charge on any atom is 0.326 e. The van der Waals surface area contributed by atoms with Crippen molar-refractivity contribution in [3.8, 4) is 0 Å². The highest BCUT2D eigenvalue weighted by Crippen LogP contribution is 2.59. The van der Waals surface area contributed by atoms with Crippen molar-refractivity contribution in [2.45, 2.75) is 12.0 Å². The number of para-hydroxylation sites is 2. The number of fused-ring (bicyclic) bond motifs is 2. The Bertz CT molecular complexity index is 992. The number of hydroxylamine groups is 1. The van der Waals surface area contributed by atoms with Gasteiger partial charge in [0.15, 0.2) is 5.54 Å². The molecule has 1 spiro atoms. The number of rotatable bonds is 3. The first-order valence-corrected chi connectivity index (χ1v) is 9.49. The Hall–Kier alpha value is -3.39. The molecule has 2 aliphatic heterocycles. The average Bonchev–Trinajstić information content (AvgIpc) is 3.02. The van der Waals surface area contributed by atoms with Crippen molar-refractivity contribution in [1.29, 1.82) is 0 Å². The van der Waals surface area contributed by atoms with Crippen molar-refractivity contribution < 1.29 is 28.7 Å². The molecule has 1 atom stereocenters. The molecule has 1 fully saturated rings. The lowest BCUT2D eigenvalue weighted by Crippen LogP contribution is -2.71. The van der Waals surface area contributed by atoms with Gasteiger partial charge < -0.3 is 14.4 Å². The number of esters is 2. The monoisotopic (exact) mass is 410 g/mol. The molecule has 1 amide bonds. The van der Waals surface area contributed by atoms with Crippen LogP contribution in [-0.2, 0) is 34.2 Å². The van der Waals surface area contributed by atoms with Crippen LogP contribution in [0, 0.1) is 5.41 Å². The van der Waals surface area contributed by atoms with Gasteiger partial charge in [0.1, 0.15) is 0 Å². The van der Waals surface area contributed by atoms with Gasteiger partial charge in [-0.05, 0) is 18.2 Å². The fourth-order valence-corrected chi connectivity index (χ4v) is 4.65. The van der Waals surface area contributed by atoms with Crippen molar-refractivity contribution in [3.05, 3.63) is 60.2 Å². The summed E-state index contributed by atoms with van der Waals surface area (Å²) in [5.74, 6) is -2.18. The number of benzene rings is 2. The maximum absolute atomic E-state index is 14.0. The molecule has 156 valence electrons. The Kier molecular flexibility index (Phi) is 4.74. The highest BCUT2D eigenvalue weighted by molar-refractivity contribution is 6.18. The molecule has 2 aliphatic rings. The van der Waals surface area contributed by atoms with Crippen LogP contribution in [0.15, 0.2) is 54.6 Å². The number of hydrogen-bond donors (Lipinski definition) is 0. The van der Waals surface area contributed by atoms with Crippen LogP contribution < -0.4 is 9.96 Å². The summed E-state index contributed by atoms with van der Waals surface area (Å²) in [6, 6.07) is 15.9. The van der Waals surface area contributed by atoms with Gasteiger partial charge in [0.25, 0.3) is 5.91 Å². The predicted octanol–water partition coefficient (Wildman–Crippen LogP) is 2.03. The summed E-state index contributed by atoms with van der Waals surface area (Å²) in [5.41, 5.74) is -2.24. The summed E-state index contributed by atoms with van der Waals surface area (Å²) in [6.07, 6.45) is -0.0798. The minimum atomic E-state index is -1.97. The fraction of sp³-hybridized carbons (Fsp3) is 0.318. The number of nitrogens with zero attached hydrogens (tertiary/aromatic N) is 2. The van der Waals surface area contributed by atoms with Gasteiger partial charge in [-0.1, -0.05) is 36.4 Å². The summed E-state index contributed by atoms with van der Waals surface area (Å²) < 4.78 is 10.2. The number of carbonyl (C=O) groups is 3. The van der Waals surface area contributed by atoms with Crippen molar-refractivity contribution in [1.82, 2.24) is 0 Å². The average molecular weight is 410 g/mol. The Morgan fingerprint density at radius 3 is 2.20 bits per heavy atom. The zero-order chi connectivity index (χ0) is 21.5. The summed E-state index contributed by atoms with van der Waals surface area (Å²) in [5, 5.41) is 1.37. The van der Waals surface area contributed by atoms with Gasteiger partial charge in [0.2, 0.25) is 5.41 Å². The molecule has 8 heteroatoms. The van der Waals surface area contributed by atoms with E-state index < -0.39 is 28.8 Å². The summed E-state index contributed by atoms with van der Waals surface area (Å²) in [6.45, 7) is 0.0139. The number of likely N-dealkylation sites (N-methyl/N-ethyl adjacent to an activating group) is 1. The third kappa shape index (κ3) is 2.28. The van der Waals surface area contributed by atoms with Crippen LogP contribution in [0.3, 0.4) is 0 Å². The molecule has 0 saturated carbocycles. The zero-order valence-electron chi connectivity index (χ0n) is 17.0. The Morgan fingerprint density at radius 2 is 1.57 bits per heavy atom. The summed E-state index contributed by atoms with van der Waals surface area (Å²) >= 11 is 0. The van der Waals surface area contributed by atoms with Crippen molar-refractivity contribution in [2.75, 3.05) is 37.8 Å². The molecule has 2 aromatic carbocycles. The number of ether oxygens (including phenoxy) is 2. The third-order valence-electron chi connectivity index (χ3n) is 5.95. The molecule has 1 saturated heterocycles. The van der Waals surface area contributed by atoms with Crippen molar-refractivity contribution >= 4 is 29.2 Å². The molecule has 2 heterocycles. The van der Waals surface area contributed by atoms with E-state index in [4.69, 9.17) is 14.3 Å².